The van der Waals surface area contributed by atoms with Crippen molar-refractivity contribution in [3.8, 4) is 0 Å². The van der Waals surface area contributed by atoms with Crippen LogP contribution in [0.4, 0.5) is 10.7 Å². The first kappa shape index (κ1) is 15.0. The molecular formula is C13H16N2O3S2. The first-order chi connectivity index (χ1) is 9.52. The quantitative estimate of drug-likeness (QED) is 0.651. The van der Waals surface area contributed by atoms with Crippen molar-refractivity contribution in [3.05, 3.63) is 43.4 Å². The van der Waals surface area contributed by atoms with Crippen LogP contribution in [0.1, 0.15) is 29.7 Å². The van der Waals surface area contributed by atoms with Crippen LogP contribution in [-0.4, -0.2) is 16.6 Å². The molecule has 5 nitrogen and oxygen atoms in total. The van der Waals surface area contributed by atoms with Crippen LogP contribution in [0.25, 0.3) is 0 Å². The molecule has 0 saturated carbocycles. The fourth-order valence-electron chi connectivity index (χ4n) is 1.87. The summed E-state index contributed by atoms with van der Waals surface area (Å²) in [6.45, 7) is 4.92. The third kappa shape index (κ3) is 3.17. The Hall–Kier alpha value is -1.44. The second-order valence-corrected chi connectivity index (χ2v) is 6.46. The lowest BCUT2D eigenvalue weighted by Crippen LogP contribution is -2.21. The molecule has 0 fully saturated rings. The molecule has 2 aromatic heterocycles. The number of nitro groups is 1. The first-order valence-corrected chi connectivity index (χ1v) is 7.96. The molecule has 1 atom stereocenters. The summed E-state index contributed by atoms with van der Waals surface area (Å²) in [6.07, 6.45) is -0.687. The van der Waals surface area contributed by atoms with Gasteiger partial charge in [0.05, 0.1) is 17.6 Å². The molecule has 2 aromatic rings. The van der Waals surface area contributed by atoms with E-state index >= 15 is 0 Å². The highest BCUT2D eigenvalue weighted by Crippen LogP contribution is 2.40. The zero-order valence-electron chi connectivity index (χ0n) is 11.3. The summed E-state index contributed by atoms with van der Waals surface area (Å²) in [5.74, 6) is 0. The molecule has 0 amide bonds. The molecule has 0 radical (unpaired) electrons. The van der Waals surface area contributed by atoms with E-state index in [1.807, 2.05) is 29.3 Å². The molecule has 2 rings (SSSR count). The predicted molar refractivity (Wildman–Crippen MR) is 82.7 cm³/mol. The van der Waals surface area contributed by atoms with Gasteiger partial charge in [-0.2, -0.15) is 0 Å². The fraction of sp³-hybridized carbons (Fsp3) is 0.385. The van der Waals surface area contributed by atoms with Gasteiger partial charge in [-0.3, -0.25) is 10.1 Å². The van der Waals surface area contributed by atoms with E-state index in [0.29, 0.717) is 23.0 Å². The Balaban J connectivity index is 2.34. The van der Waals surface area contributed by atoms with Crippen LogP contribution in [0.3, 0.4) is 0 Å². The number of anilines is 1. The molecule has 0 saturated heterocycles. The number of nitrogens with zero attached hydrogens (tertiary/aromatic N) is 2. The standard InChI is InChI=1S/C13H16N2O3S2/c1-3-14(8-10-5-4-6-19-10)13-11(15(17)18)7-12(20-13)9(2)16/h4-7,9,16H,3,8H2,1-2H3/t9-/m1/s1. The first-order valence-electron chi connectivity index (χ1n) is 6.26. The molecular weight excluding hydrogens is 296 g/mol. The van der Waals surface area contributed by atoms with Crippen LogP contribution in [0.2, 0.25) is 0 Å². The van der Waals surface area contributed by atoms with Crippen molar-refractivity contribution in [3.63, 3.8) is 0 Å². The Bertz CT molecular complexity index is 578. The molecule has 0 aliphatic rings. The van der Waals surface area contributed by atoms with Crippen molar-refractivity contribution >= 4 is 33.4 Å². The van der Waals surface area contributed by atoms with E-state index in [2.05, 4.69) is 0 Å². The molecule has 0 bridgehead atoms. The van der Waals surface area contributed by atoms with Gasteiger partial charge in [-0.15, -0.1) is 22.7 Å². The highest BCUT2D eigenvalue weighted by molar-refractivity contribution is 7.16. The van der Waals surface area contributed by atoms with Crippen molar-refractivity contribution in [1.82, 2.24) is 0 Å². The van der Waals surface area contributed by atoms with Gasteiger partial charge in [-0.25, -0.2) is 0 Å². The monoisotopic (exact) mass is 312 g/mol. The molecule has 1 N–H and O–H groups in total. The molecule has 0 aliphatic heterocycles. The average molecular weight is 312 g/mol. The summed E-state index contributed by atoms with van der Waals surface area (Å²) in [6, 6.07) is 5.46. The van der Waals surface area contributed by atoms with Crippen molar-refractivity contribution in [2.45, 2.75) is 26.5 Å². The Labute approximate surface area is 125 Å². The van der Waals surface area contributed by atoms with Crippen LogP contribution in [0.15, 0.2) is 23.6 Å². The maximum Gasteiger partial charge on any atom is 0.304 e. The van der Waals surface area contributed by atoms with Gasteiger partial charge in [0.1, 0.15) is 0 Å². The Morgan fingerprint density at radius 2 is 2.30 bits per heavy atom. The van der Waals surface area contributed by atoms with E-state index < -0.39 is 6.10 Å². The lowest BCUT2D eigenvalue weighted by molar-refractivity contribution is -0.383. The van der Waals surface area contributed by atoms with Gasteiger partial charge in [0, 0.05) is 22.4 Å². The average Bonchev–Trinajstić information content (AvgIpc) is 3.04. The molecule has 0 aromatic carbocycles. The van der Waals surface area contributed by atoms with Gasteiger partial charge in [0.15, 0.2) is 5.00 Å². The molecule has 0 spiro atoms. The number of aliphatic hydroxyl groups excluding tert-OH is 1. The minimum absolute atomic E-state index is 0.0734. The van der Waals surface area contributed by atoms with Crippen LogP contribution < -0.4 is 4.90 Å². The van der Waals surface area contributed by atoms with Crippen LogP contribution >= 0.6 is 22.7 Å². The van der Waals surface area contributed by atoms with Crippen molar-refractivity contribution in [2.24, 2.45) is 0 Å². The number of hydrogen-bond donors (Lipinski definition) is 1. The van der Waals surface area contributed by atoms with Gasteiger partial charge in [-0.05, 0) is 25.3 Å². The molecule has 7 heteroatoms. The lowest BCUT2D eigenvalue weighted by Gasteiger charge is -2.19. The minimum Gasteiger partial charge on any atom is -0.388 e. The fourth-order valence-corrected chi connectivity index (χ4v) is 3.72. The van der Waals surface area contributed by atoms with Crippen molar-refractivity contribution in [2.75, 3.05) is 11.4 Å². The van der Waals surface area contributed by atoms with Crippen LogP contribution in [0, 0.1) is 10.1 Å². The number of thiophene rings is 2. The van der Waals surface area contributed by atoms with Crippen LogP contribution in [0.5, 0.6) is 0 Å². The smallest absolute Gasteiger partial charge is 0.304 e. The molecule has 0 unspecified atom stereocenters. The zero-order chi connectivity index (χ0) is 14.7. The zero-order valence-corrected chi connectivity index (χ0v) is 12.9. The summed E-state index contributed by atoms with van der Waals surface area (Å²) < 4.78 is 0. The highest BCUT2D eigenvalue weighted by atomic mass is 32.1. The SMILES string of the molecule is CCN(Cc1cccs1)c1sc([C@@H](C)O)cc1[N+](=O)[O-]. The highest BCUT2D eigenvalue weighted by Gasteiger charge is 2.25. The number of hydrogen-bond acceptors (Lipinski definition) is 6. The topological polar surface area (TPSA) is 66.6 Å². The molecule has 0 aliphatic carbocycles. The normalized spacial score (nSPS) is 12.3. The van der Waals surface area contributed by atoms with E-state index in [-0.39, 0.29) is 10.6 Å². The number of aliphatic hydroxyl groups is 1. The van der Waals surface area contributed by atoms with Gasteiger partial charge < -0.3 is 10.0 Å². The van der Waals surface area contributed by atoms with Gasteiger partial charge in [-0.1, -0.05) is 6.07 Å². The Morgan fingerprint density at radius 3 is 2.80 bits per heavy atom. The van der Waals surface area contributed by atoms with Gasteiger partial charge >= 0.3 is 5.69 Å². The third-order valence-corrected chi connectivity index (χ3v) is 5.13. The summed E-state index contributed by atoms with van der Waals surface area (Å²) in [7, 11) is 0. The number of rotatable bonds is 6. The van der Waals surface area contributed by atoms with E-state index in [1.54, 1.807) is 18.3 Å². The summed E-state index contributed by atoms with van der Waals surface area (Å²) in [4.78, 5) is 14.6. The maximum absolute atomic E-state index is 11.2. The third-order valence-electron chi connectivity index (χ3n) is 2.92. The molecule has 2 heterocycles. The summed E-state index contributed by atoms with van der Waals surface area (Å²) in [5, 5.41) is 23.4. The predicted octanol–water partition coefficient (Wildman–Crippen LogP) is 3.80. The van der Waals surface area contributed by atoms with Crippen molar-refractivity contribution in [1.29, 1.82) is 0 Å². The molecule has 20 heavy (non-hydrogen) atoms. The van der Waals surface area contributed by atoms with Crippen molar-refractivity contribution < 1.29 is 10.0 Å². The Morgan fingerprint density at radius 1 is 1.55 bits per heavy atom. The lowest BCUT2D eigenvalue weighted by atomic mass is 10.3. The minimum atomic E-state index is -0.687. The molecule has 108 valence electrons. The second kappa shape index (κ2) is 6.34. The maximum atomic E-state index is 11.2. The second-order valence-electron chi connectivity index (χ2n) is 4.37. The van der Waals surface area contributed by atoms with E-state index in [0.717, 1.165) is 4.88 Å². The van der Waals surface area contributed by atoms with Gasteiger partial charge in [0.25, 0.3) is 0 Å². The largest absolute Gasteiger partial charge is 0.388 e. The van der Waals surface area contributed by atoms with Crippen LogP contribution in [-0.2, 0) is 6.54 Å². The van der Waals surface area contributed by atoms with E-state index in [4.69, 9.17) is 0 Å². The summed E-state index contributed by atoms with van der Waals surface area (Å²) >= 11 is 2.92. The van der Waals surface area contributed by atoms with E-state index in [9.17, 15) is 15.2 Å². The van der Waals surface area contributed by atoms with E-state index in [1.165, 1.54) is 17.4 Å². The van der Waals surface area contributed by atoms with Gasteiger partial charge in [0.2, 0.25) is 0 Å². The summed E-state index contributed by atoms with van der Waals surface area (Å²) in [5.41, 5.74) is 0.0734. The Kier molecular flexibility index (Phi) is 4.74.